The molecule has 0 radical (unpaired) electrons. The fourth-order valence-corrected chi connectivity index (χ4v) is 4.24. The van der Waals surface area contributed by atoms with Gasteiger partial charge in [-0.15, -0.1) is 0 Å². The Bertz CT molecular complexity index is 858. The molecule has 2 fully saturated rings. The number of aromatic nitrogens is 4. The molecule has 0 spiro atoms. The first-order chi connectivity index (χ1) is 11.8. The first kappa shape index (κ1) is 13.8. The van der Waals surface area contributed by atoms with Crippen LogP contribution in [0.5, 0.6) is 0 Å². The Hall–Kier alpha value is -2.63. The molecule has 6 nitrogen and oxygen atoms in total. The molecule has 0 amide bonds. The monoisotopic (exact) mass is 320 g/mol. The van der Waals surface area contributed by atoms with Gasteiger partial charge in [0.2, 0.25) is 5.95 Å². The van der Waals surface area contributed by atoms with Gasteiger partial charge in [0.05, 0.1) is 6.33 Å². The van der Waals surface area contributed by atoms with Gasteiger partial charge in [0.15, 0.2) is 11.5 Å². The third-order valence-corrected chi connectivity index (χ3v) is 5.38. The van der Waals surface area contributed by atoms with E-state index in [2.05, 4.69) is 25.6 Å². The van der Waals surface area contributed by atoms with Crippen molar-refractivity contribution in [1.82, 2.24) is 19.9 Å². The van der Waals surface area contributed by atoms with Gasteiger partial charge in [0.1, 0.15) is 5.52 Å². The van der Waals surface area contributed by atoms with Gasteiger partial charge in [-0.25, -0.2) is 4.98 Å². The highest BCUT2D eigenvalue weighted by Crippen LogP contribution is 2.45. The molecule has 2 heterocycles. The maximum atomic E-state index is 4.71. The second kappa shape index (κ2) is 5.47. The molecule has 122 valence electrons. The molecule has 2 saturated carbocycles. The summed E-state index contributed by atoms with van der Waals surface area (Å²) in [5.41, 5.74) is 2.55. The number of rotatable bonds is 4. The van der Waals surface area contributed by atoms with Crippen molar-refractivity contribution in [2.45, 2.75) is 31.7 Å². The number of fused-ring (bicyclic) bond motifs is 3. The molecule has 1 aromatic carbocycles. The van der Waals surface area contributed by atoms with Gasteiger partial charge >= 0.3 is 0 Å². The lowest BCUT2D eigenvalue weighted by Gasteiger charge is -2.23. The molecule has 5 rings (SSSR count). The van der Waals surface area contributed by atoms with Crippen molar-refractivity contribution in [3.05, 3.63) is 36.7 Å². The van der Waals surface area contributed by atoms with E-state index < -0.39 is 0 Å². The average molecular weight is 320 g/mol. The smallest absolute Gasteiger partial charge is 0.231 e. The molecular formula is C18H20N6. The zero-order chi connectivity index (χ0) is 15.9. The van der Waals surface area contributed by atoms with E-state index in [-0.39, 0.29) is 0 Å². The third-order valence-electron chi connectivity index (χ3n) is 5.38. The van der Waals surface area contributed by atoms with E-state index >= 15 is 0 Å². The number of aromatic amines is 1. The first-order valence-corrected chi connectivity index (χ1v) is 8.65. The molecule has 2 aliphatic rings. The second-order valence-electron chi connectivity index (χ2n) is 6.91. The van der Waals surface area contributed by atoms with Gasteiger partial charge in [0.25, 0.3) is 0 Å². The van der Waals surface area contributed by atoms with Crippen molar-refractivity contribution in [2.24, 2.45) is 11.8 Å². The van der Waals surface area contributed by atoms with Crippen LogP contribution in [0.25, 0.3) is 11.2 Å². The number of nitrogens with zero attached hydrogens (tertiary/aromatic N) is 3. The van der Waals surface area contributed by atoms with Crippen LogP contribution in [-0.4, -0.2) is 26.0 Å². The lowest BCUT2D eigenvalue weighted by molar-refractivity contribution is 0.439. The first-order valence-electron chi connectivity index (χ1n) is 8.65. The molecule has 2 bridgehead atoms. The average Bonchev–Trinajstić information content (AvgIpc) is 3.32. The fraction of sp³-hybridized carbons (Fsp3) is 0.389. The third kappa shape index (κ3) is 2.38. The van der Waals surface area contributed by atoms with Crippen molar-refractivity contribution in [3.8, 4) is 0 Å². The van der Waals surface area contributed by atoms with Crippen molar-refractivity contribution in [1.29, 1.82) is 0 Å². The summed E-state index contributed by atoms with van der Waals surface area (Å²) in [7, 11) is 0. The van der Waals surface area contributed by atoms with Crippen LogP contribution in [-0.2, 0) is 0 Å². The molecule has 3 atom stereocenters. The number of imidazole rings is 1. The molecule has 0 aliphatic heterocycles. The number of para-hydroxylation sites is 1. The highest BCUT2D eigenvalue weighted by Gasteiger charge is 2.39. The number of benzene rings is 1. The molecule has 2 aromatic heterocycles. The summed E-state index contributed by atoms with van der Waals surface area (Å²) in [6, 6.07) is 10.5. The zero-order valence-corrected chi connectivity index (χ0v) is 13.4. The summed E-state index contributed by atoms with van der Waals surface area (Å²) in [6.07, 6.45) is 7.04. The highest BCUT2D eigenvalue weighted by molar-refractivity contribution is 5.84. The standard InChI is InChI=1S/C18H20N6/c1-2-4-13(5-3-1)21-18-23-16-15(19-10-20-16)17(24-18)22-14-9-11-6-7-12(14)8-11/h1-5,10-12,14H,6-9H2,(H3,19,20,21,22,23,24)/t11-,12-,14+/m1/s1. The zero-order valence-electron chi connectivity index (χ0n) is 13.4. The van der Waals surface area contributed by atoms with Crippen LogP contribution in [0.3, 0.4) is 0 Å². The maximum Gasteiger partial charge on any atom is 0.231 e. The summed E-state index contributed by atoms with van der Waals surface area (Å²) in [5.74, 6) is 3.11. The van der Waals surface area contributed by atoms with Crippen LogP contribution in [0.15, 0.2) is 36.7 Å². The summed E-state index contributed by atoms with van der Waals surface area (Å²) in [5, 5.41) is 6.93. The van der Waals surface area contributed by atoms with Crippen LogP contribution in [0.1, 0.15) is 25.7 Å². The highest BCUT2D eigenvalue weighted by atomic mass is 15.2. The Morgan fingerprint density at radius 3 is 2.75 bits per heavy atom. The minimum absolute atomic E-state index is 0.523. The molecule has 0 saturated heterocycles. The number of hydrogen-bond donors (Lipinski definition) is 3. The summed E-state index contributed by atoms with van der Waals surface area (Å²) in [6.45, 7) is 0. The molecule has 3 N–H and O–H groups in total. The number of hydrogen-bond acceptors (Lipinski definition) is 5. The van der Waals surface area contributed by atoms with E-state index in [0.29, 0.717) is 17.6 Å². The quantitative estimate of drug-likeness (QED) is 0.683. The molecule has 24 heavy (non-hydrogen) atoms. The van der Waals surface area contributed by atoms with E-state index in [0.717, 1.165) is 28.9 Å². The van der Waals surface area contributed by atoms with E-state index in [9.17, 15) is 0 Å². The van der Waals surface area contributed by atoms with E-state index in [1.807, 2.05) is 30.3 Å². The Balaban J connectivity index is 1.47. The predicted molar refractivity (Wildman–Crippen MR) is 94.3 cm³/mol. The lowest BCUT2D eigenvalue weighted by Crippen LogP contribution is -2.26. The molecule has 6 heteroatoms. The van der Waals surface area contributed by atoms with Crippen LogP contribution in [0, 0.1) is 11.8 Å². The van der Waals surface area contributed by atoms with E-state index in [1.165, 1.54) is 25.7 Å². The minimum Gasteiger partial charge on any atom is -0.365 e. The van der Waals surface area contributed by atoms with Gasteiger partial charge in [-0.1, -0.05) is 24.6 Å². The largest absolute Gasteiger partial charge is 0.365 e. The Morgan fingerprint density at radius 2 is 1.96 bits per heavy atom. The fourth-order valence-electron chi connectivity index (χ4n) is 4.24. The van der Waals surface area contributed by atoms with Crippen LogP contribution < -0.4 is 10.6 Å². The topological polar surface area (TPSA) is 78.5 Å². The predicted octanol–water partition coefficient (Wildman–Crippen LogP) is 3.70. The maximum absolute atomic E-state index is 4.71. The number of anilines is 3. The van der Waals surface area contributed by atoms with Crippen molar-refractivity contribution < 1.29 is 0 Å². The lowest BCUT2D eigenvalue weighted by atomic mass is 9.95. The number of nitrogens with one attached hydrogen (secondary N) is 3. The second-order valence-corrected chi connectivity index (χ2v) is 6.91. The SMILES string of the molecule is c1ccc(Nc2nc(N[C@H]3C[C@@H]4CC[C@@H]3C4)c3[nH]cnc3n2)cc1. The van der Waals surface area contributed by atoms with Crippen molar-refractivity contribution >= 4 is 28.6 Å². The van der Waals surface area contributed by atoms with Gasteiger partial charge in [-0.2, -0.15) is 9.97 Å². The van der Waals surface area contributed by atoms with Crippen LogP contribution >= 0.6 is 0 Å². The van der Waals surface area contributed by atoms with E-state index in [1.54, 1.807) is 6.33 Å². The van der Waals surface area contributed by atoms with Gasteiger partial charge in [0, 0.05) is 11.7 Å². The van der Waals surface area contributed by atoms with Gasteiger partial charge in [-0.05, 0) is 43.2 Å². The van der Waals surface area contributed by atoms with Crippen LogP contribution in [0.4, 0.5) is 17.5 Å². The molecule has 3 aromatic rings. The molecule has 0 unspecified atom stereocenters. The Labute approximate surface area is 140 Å². The van der Waals surface area contributed by atoms with Gasteiger partial charge < -0.3 is 15.6 Å². The summed E-state index contributed by atoms with van der Waals surface area (Å²) >= 11 is 0. The Morgan fingerprint density at radius 1 is 1.04 bits per heavy atom. The molecular weight excluding hydrogens is 300 g/mol. The van der Waals surface area contributed by atoms with E-state index in [4.69, 9.17) is 4.98 Å². The normalized spacial score (nSPS) is 25.2. The van der Waals surface area contributed by atoms with Crippen LogP contribution in [0.2, 0.25) is 0 Å². The van der Waals surface area contributed by atoms with Crippen molar-refractivity contribution in [2.75, 3.05) is 10.6 Å². The molecule has 2 aliphatic carbocycles. The van der Waals surface area contributed by atoms with Gasteiger partial charge in [-0.3, -0.25) is 0 Å². The van der Waals surface area contributed by atoms with Crippen molar-refractivity contribution in [3.63, 3.8) is 0 Å². The summed E-state index contributed by atoms with van der Waals surface area (Å²) < 4.78 is 0. The summed E-state index contributed by atoms with van der Waals surface area (Å²) in [4.78, 5) is 16.7. The Kier molecular flexibility index (Phi) is 3.14. The number of H-pyrrole nitrogens is 1. The minimum atomic E-state index is 0.523.